The normalized spacial score (nSPS) is 20.2. The number of carboxylic acid groups (broad SMARTS) is 1. The van der Waals surface area contributed by atoms with Gasteiger partial charge in [0.2, 0.25) is 0 Å². The number of carboxylic acids is 1. The van der Waals surface area contributed by atoms with Crippen LogP contribution in [0.1, 0.15) is 23.3 Å². The predicted octanol–water partition coefficient (Wildman–Crippen LogP) is 2.23. The van der Waals surface area contributed by atoms with Gasteiger partial charge >= 0.3 is 5.97 Å². The van der Waals surface area contributed by atoms with Crippen molar-refractivity contribution >= 4 is 27.8 Å². The molecule has 1 saturated carbocycles. The number of hydrogen-bond donors (Lipinski definition) is 2. The van der Waals surface area contributed by atoms with Crippen molar-refractivity contribution in [2.24, 2.45) is 5.92 Å². The van der Waals surface area contributed by atoms with Gasteiger partial charge in [0.25, 0.3) is 5.91 Å². The highest BCUT2D eigenvalue weighted by Crippen LogP contribution is 2.27. The summed E-state index contributed by atoms with van der Waals surface area (Å²) in [5.41, 5.74) is 1.23. The van der Waals surface area contributed by atoms with Gasteiger partial charge in [-0.05, 0) is 37.1 Å². The molecule has 0 unspecified atom stereocenters. The standard InChI is InChI=1S/C15H14BrN3O3/c16-10-1-3-12(4-2-10)19-7-13(17-8-19)14(20)18-11-5-9(6-11)15(21)22/h1-4,7-9,11H,5-6H2,(H,18,20)(H,21,22). The molecular weight excluding hydrogens is 350 g/mol. The number of amides is 1. The summed E-state index contributed by atoms with van der Waals surface area (Å²) in [6, 6.07) is 7.57. The summed E-state index contributed by atoms with van der Waals surface area (Å²) in [4.78, 5) is 26.9. The predicted molar refractivity (Wildman–Crippen MR) is 82.9 cm³/mol. The van der Waals surface area contributed by atoms with Gasteiger partial charge in [-0.3, -0.25) is 9.59 Å². The molecule has 1 amide bonds. The molecule has 1 heterocycles. The highest BCUT2D eigenvalue weighted by Gasteiger charge is 2.35. The molecular formula is C15H14BrN3O3. The van der Waals surface area contributed by atoms with Crippen LogP contribution in [-0.2, 0) is 4.79 Å². The lowest BCUT2D eigenvalue weighted by Gasteiger charge is -2.32. The van der Waals surface area contributed by atoms with Crippen molar-refractivity contribution in [1.82, 2.24) is 14.9 Å². The average molecular weight is 364 g/mol. The molecule has 1 aliphatic rings. The molecule has 0 atom stereocenters. The van der Waals surface area contributed by atoms with E-state index in [1.165, 1.54) is 0 Å². The van der Waals surface area contributed by atoms with Crippen molar-refractivity contribution in [1.29, 1.82) is 0 Å². The minimum absolute atomic E-state index is 0.0774. The van der Waals surface area contributed by atoms with Crippen LogP contribution in [-0.4, -0.2) is 32.6 Å². The highest BCUT2D eigenvalue weighted by atomic mass is 79.9. The number of rotatable bonds is 4. The zero-order valence-electron chi connectivity index (χ0n) is 11.6. The number of imidazole rings is 1. The van der Waals surface area contributed by atoms with Crippen LogP contribution in [0.3, 0.4) is 0 Å². The zero-order valence-corrected chi connectivity index (χ0v) is 13.2. The first-order chi connectivity index (χ1) is 10.5. The van der Waals surface area contributed by atoms with Crippen LogP contribution in [0.25, 0.3) is 5.69 Å². The Morgan fingerprint density at radius 3 is 2.59 bits per heavy atom. The van der Waals surface area contributed by atoms with Crippen molar-refractivity contribution in [2.75, 3.05) is 0 Å². The van der Waals surface area contributed by atoms with Crippen LogP contribution < -0.4 is 5.32 Å². The molecule has 2 N–H and O–H groups in total. The molecule has 0 spiro atoms. The summed E-state index contributed by atoms with van der Waals surface area (Å²) < 4.78 is 2.75. The monoisotopic (exact) mass is 363 g/mol. The van der Waals surface area contributed by atoms with Crippen LogP contribution in [0, 0.1) is 5.92 Å². The number of aromatic nitrogens is 2. The van der Waals surface area contributed by atoms with Gasteiger partial charge < -0.3 is 15.0 Å². The summed E-state index contributed by atoms with van der Waals surface area (Å²) in [5.74, 6) is -1.42. The van der Waals surface area contributed by atoms with E-state index in [0.717, 1.165) is 10.2 Å². The molecule has 1 fully saturated rings. The van der Waals surface area contributed by atoms with E-state index in [9.17, 15) is 9.59 Å². The second kappa shape index (κ2) is 5.92. The smallest absolute Gasteiger partial charge is 0.306 e. The van der Waals surface area contributed by atoms with Gasteiger partial charge in [0.05, 0.1) is 5.92 Å². The van der Waals surface area contributed by atoms with Crippen molar-refractivity contribution in [3.8, 4) is 5.69 Å². The quantitative estimate of drug-likeness (QED) is 0.872. The molecule has 114 valence electrons. The molecule has 1 aromatic carbocycles. The van der Waals surface area contributed by atoms with Crippen molar-refractivity contribution < 1.29 is 14.7 Å². The Morgan fingerprint density at radius 1 is 1.27 bits per heavy atom. The number of halogens is 1. The maximum atomic E-state index is 12.1. The molecule has 3 rings (SSSR count). The lowest BCUT2D eigenvalue weighted by molar-refractivity contribution is -0.145. The molecule has 0 bridgehead atoms. The maximum Gasteiger partial charge on any atom is 0.306 e. The van der Waals surface area contributed by atoms with Crippen molar-refractivity contribution in [2.45, 2.75) is 18.9 Å². The summed E-state index contributed by atoms with van der Waals surface area (Å²) in [5, 5.41) is 11.6. The lowest BCUT2D eigenvalue weighted by atomic mass is 9.80. The number of aliphatic carboxylic acids is 1. The first-order valence-electron chi connectivity index (χ1n) is 6.86. The SMILES string of the molecule is O=C(NC1CC(C(=O)O)C1)c1cn(-c2ccc(Br)cc2)cn1. The van der Waals surface area contributed by atoms with Gasteiger partial charge in [0.15, 0.2) is 0 Å². The van der Waals surface area contributed by atoms with E-state index >= 15 is 0 Å². The lowest BCUT2D eigenvalue weighted by Crippen LogP contribution is -2.46. The van der Waals surface area contributed by atoms with Gasteiger partial charge in [-0.1, -0.05) is 15.9 Å². The van der Waals surface area contributed by atoms with Crippen LogP contribution >= 0.6 is 15.9 Å². The fourth-order valence-electron chi connectivity index (χ4n) is 2.39. The molecule has 22 heavy (non-hydrogen) atoms. The molecule has 6 nitrogen and oxygen atoms in total. The summed E-state index contributed by atoms with van der Waals surface area (Å²) in [7, 11) is 0. The zero-order chi connectivity index (χ0) is 15.7. The van der Waals surface area contributed by atoms with Crippen LogP contribution in [0.2, 0.25) is 0 Å². The van der Waals surface area contributed by atoms with Crippen LogP contribution in [0.5, 0.6) is 0 Å². The molecule has 0 radical (unpaired) electrons. The minimum Gasteiger partial charge on any atom is -0.481 e. The van der Waals surface area contributed by atoms with Gasteiger partial charge in [0, 0.05) is 22.4 Å². The van der Waals surface area contributed by atoms with Crippen molar-refractivity contribution in [3.05, 3.63) is 47.0 Å². The van der Waals surface area contributed by atoms with Crippen LogP contribution in [0.4, 0.5) is 0 Å². The Hall–Kier alpha value is -2.15. The molecule has 7 heteroatoms. The largest absolute Gasteiger partial charge is 0.481 e. The molecule has 1 aliphatic carbocycles. The summed E-state index contributed by atoms with van der Waals surface area (Å²) in [6.07, 6.45) is 4.20. The van der Waals surface area contributed by atoms with E-state index < -0.39 is 5.97 Å². The Labute approximate surface area is 135 Å². The fourth-order valence-corrected chi connectivity index (χ4v) is 2.66. The number of carbonyl (C=O) groups excluding carboxylic acids is 1. The molecule has 1 aromatic heterocycles. The minimum atomic E-state index is -0.801. The second-order valence-corrected chi connectivity index (χ2v) is 6.24. The van der Waals surface area contributed by atoms with Crippen molar-refractivity contribution in [3.63, 3.8) is 0 Å². The van der Waals surface area contributed by atoms with E-state index in [4.69, 9.17) is 5.11 Å². The summed E-state index contributed by atoms with van der Waals surface area (Å²) in [6.45, 7) is 0. The number of nitrogens with zero attached hydrogens (tertiary/aromatic N) is 2. The number of carbonyl (C=O) groups is 2. The Kier molecular flexibility index (Phi) is 3.98. The Bertz CT molecular complexity index is 705. The molecule has 2 aromatic rings. The Morgan fingerprint density at radius 2 is 1.95 bits per heavy atom. The number of nitrogens with one attached hydrogen (secondary N) is 1. The third-order valence-corrected chi connectivity index (χ3v) is 4.29. The van der Waals surface area contributed by atoms with E-state index in [1.807, 2.05) is 24.3 Å². The second-order valence-electron chi connectivity index (χ2n) is 5.32. The first kappa shape index (κ1) is 14.8. The van der Waals surface area contributed by atoms with Gasteiger partial charge in [-0.15, -0.1) is 0 Å². The third-order valence-electron chi connectivity index (χ3n) is 3.76. The topological polar surface area (TPSA) is 84.2 Å². The average Bonchev–Trinajstić information content (AvgIpc) is 2.92. The highest BCUT2D eigenvalue weighted by molar-refractivity contribution is 9.10. The maximum absolute atomic E-state index is 12.1. The Balaban J connectivity index is 1.63. The van der Waals surface area contributed by atoms with Gasteiger partial charge in [-0.25, -0.2) is 4.98 Å². The summed E-state index contributed by atoms with van der Waals surface area (Å²) >= 11 is 3.37. The van der Waals surface area contributed by atoms with E-state index in [2.05, 4.69) is 26.2 Å². The third kappa shape index (κ3) is 3.04. The van der Waals surface area contributed by atoms with Gasteiger partial charge in [-0.2, -0.15) is 0 Å². The van der Waals surface area contributed by atoms with E-state index in [-0.39, 0.29) is 17.9 Å². The molecule has 0 saturated heterocycles. The van der Waals surface area contributed by atoms with Crippen LogP contribution in [0.15, 0.2) is 41.3 Å². The molecule has 0 aliphatic heterocycles. The first-order valence-corrected chi connectivity index (χ1v) is 7.66. The number of hydrogen-bond acceptors (Lipinski definition) is 3. The van der Waals surface area contributed by atoms with E-state index in [1.54, 1.807) is 17.1 Å². The van der Waals surface area contributed by atoms with E-state index in [0.29, 0.717) is 18.5 Å². The van der Waals surface area contributed by atoms with Gasteiger partial charge in [0.1, 0.15) is 12.0 Å². The number of benzene rings is 1. The fraction of sp³-hybridized carbons (Fsp3) is 0.267.